The number of aliphatic carboxylic acids is 1. The van der Waals surface area contributed by atoms with E-state index in [4.69, 9.17) is 5.11 Å². The van der Waals surface area contributed by atoms with Gasteiger partial charge in [0, 0.05) is 38.0 Å². The Morgan fingerprint density at radius 1 is 1.11 bits per heavy atom. The summed E-state index contributed by atoms with van der Waals surface area (Å²) in [6, 6.07) is 10.5. The Labute approximate surface area is 160 Å². The summed E-state index contributed by atoms with van der Waals surface area (Å²) in [6.07, 6.45) is 0.0296. The summed E-state index contributed by atoms with van der Waals surface area (Å²) >= 11 is 1.37. The molecule has 8 heteroatoms. The number of likely N-dealkylation sites (tertiary alicyclic amines) is 1. The standard InChI is InChI=1S/C19H20N2O5S/c22-16(15-2-1-11-27-15)20-12-13-3-5-14(6-4-13)17(23)21-9-7-19(26,8-10-21)18(24)25/h1-6,11,26H,7-10,12H2,(H,20,22)(H,24,25). The van der Waals surface area contributed by atoms with E-state index in [0.717, 1.165) is 5.56 Å². The molecule has 1 aromatic carbocycles. The van der Waals surface area contributed by atoms with E-state index in [1.54, 1.807) is 35.2 Å². The average Bonchev–Trinajstić information content (AvgIpc) is 3.21. The number of thiophene rings is 1. The Hall–Kier alpha value is -2.71. The highest BCUT2D eigenvalue weighted by molar-refractivity contribution is 7.12. The largest absolute Gasteiger partial charge is 0.479 e. The molecule has 1 saturated heterocycles. The van der Waals surface area contributed by atoms with Crippen molar-refractivity contribution >= 4 is 29.1 Å². The molecule has 7 nitrogen and oxygen atoms in total. The van der Waals surface area contributed by atoms with Crippen LogP contribution in [0.25, 0.3) is 0 Å². The fourth-order valence-electron chi connectivity index (χ4n) is 2.92. The zero-order valence-electron chi connectivity index (χ0n) is 14.6. The molecule has 1 aromatic heterocycles. The number of aliphatic hydroxyl groups is 1. The van der Waals surface area contributed by atoms with Crippen LogP contribution in [0.4, 0.5) is 0 Å². The van der Waals surface area contributed by atoms with Crippen molar-refractivity contribution in [2.24, 2.45) is 0 Å². The predicted molar refractivity (Wildman–Crippen MR) is 99.7 cm³/mol. The van der Waals surface area contributed by atoms with Crippen LogP contribution in [0.5, 0.6) is 0 Å². The van der Waals surface area contributed by atoms with Gasteiger partial charge in [-0.3, -0.25) is 9.59 Å². The van der Waals surface area contributed by atoms with Gasteiger partial charge >= 0.3 is 5.97 Å². The summed E-state index contributed by atoms with van der Waals surface area (Å²) in [7, 11) is 0. The van der Waals surface area contributed by atoms with E-state index < -0.39 is 11.6 Å². The number of rotatable bonds is 5. The molecular formula is C19H20N2O5S. The number of hydrogen-bond acceptors (Lipinski definition) is 5. The lowest BCUT2D eigenvalue weighted by Gasteiger charge is -2.35. The molecule has 0 saturated carbocycles. The minimum atomic E-state index is -1.75. The minimum Gasteiger partial charge on any atom is -0.479 e. The van der Waals surface area contributed by atoms with Crippen molar-refractivity contribution in [3.05, 3.63) is 57.8 Å². The molecule has 1 aliphatic heterocycles. The van der Waals surface area contributed by atoms with Gasteiger partial charge in [-0.1, -0.05) is 18.2 Å². The zero-order chi connectivity index (χ0) is 19.4. The Kier molecular flexibility index (Phi) is 5.57. The second kappa shape index (κ2) is 7.89. The van der Waals surface area contributed by atoms with Gasteiger partial charge in [-0.15, -0.1) is 11.3 Å². The van der Waals surface area contributed by atoms with Crippen LogP contribution in [0, 0.1) is 0 Å². The van der Waals surface area contributed by atoms with Crippen molar-refractivity contribution in [2.45, 2.75) is 25.0 Å². The van der Waals surface area contributed by atoms with E-state index in [1.165, 1.54) is 11.3 Å². The molecule has 0 spiro atoms. The first-order valence-corrected chi connectivity index (χ1v) is 9.43. The van der Waals surface area contributed by atoms with Gasteiger partial charge in [0.25, 0.3) is 11.8 Å². The Balaban J connectivity index is 1.55. The highest BCUT2D eigenvalue weighted by atomic mass is 32.1. The van der Waals surface area contributed by atoms with Gasteiger partial charge in [-0.05, 0) is 29.1 Å². The number of carbonyl (C=O) groups is 3. The van der Waals surface area contributed by atoms with Gasteiger partial charge < -0.3 is 20.4 Å². The second-order valence-corrected chi connectivity index (χ2v) is 7.43. The molecule has 0 radical (unpaired) electrons. The molecule has 0 atom stereocenters. The Bertz CT molecular complexity index is 824. The van der Waals surface area contributed by atoms with Crippen molar-refractivity contribution in [1.82, 2.24) is 10.2 Å². The molecule has 2 amide bonds. The molecule has 2 heterocycles. The highest BCUT2D eigenvalue weighted by Crippen LogP contribution is 2.23. The van der Waals surface area contributed by atoms with E-state index in [1.807, 2.05) is 11.4 Å². The summed E-state index contributed by atoms with van der Waals surface area (Å²) in [5, 5.41) is 23.7. The maximum Gasteiger partial charge on any atom is 0.335 e. The lowest BCUT2D eigenvalue weighted by atomic mass is 9.91. The Morgan fingerprint density at radius 2 is 1.78 bits per heavy atom. The topological polar surface area (TPSA) is 107 Å². The normalized spacial score (nSPS) is 16.0. The number of amides is 2. The van der Waals surface area contributed by atoms with Gasteiger partial charge in [-0.2, -0.15) is 0 Å². The molecule has 2 aromatic rings. The zero-order valence-corrected chi connectivity index (χ0v) is 15.4. The summed E-state index contributed by atoms with van der Waals surface area (Å²) in [5.74, 6) is -1.58. The predicted octanol–water partition coefficient (Wildman–Crippen LogP) is 1.73. The molecule has 3 rings (SSSR count). The number of hydrogen-bond donors (Lipinski definition) is 3. The van der Waals surface area contributed by atoms with Crippen molar-refractivity contribution < 1.29 is 24.6 Å². The van der Waals surface area contributed by atoms with Crippen LogP contribution in [0.15, 0.2) is 41.8 Å². The first-order chi connectivity index (χ1) is 12.9. The van der Waals surface area contributed by atoms with Crippen molar-refractivity contribution in [1.29, 1.82) is 0 Å². The van der Waals surface area contributed by atoms with E-state index in [9.17, 15) is 19.5 Å². The van der Waals surface area contributed by atoms with Gasteiger partial charge in [0.1, 0.15) is 0 Å². The van der Waals surface area contributed by atoms with Gasteiger partial charge in [0.05, 0.1) is 4.88 Å². The van der Waals surface area contributed by atoms with E-state index in [2.05, 4.69) is 5.32 Å². The maximum absolute atomic E-state index is 12.5. The van der Waals surface area contributed by atoms with Crippen LogP contribution in [-0.2, 0) is 11.3 Å². The molecule has 0 bridgehead atoms. The maximum atomic E-state index is 12.5. The molecule has 0 unspecified atom stereocenters. The van der Waals surface area contributed by atoms with Crippen LogP contribution >= 0.6 is 11.3 Å². The third-order valence-electron chi connectivity index (χ3n) is 4.67. The SMILES string of the molecule is O=C(NCc1ccc(C(=O)N2CCC(O)(C(=O)O)CC2)cc1)c1cccs1. The van der Waals surface area contributed by atoms with Crippen molar-refractivity contribution in [3.63, 3.8) is 0 Å². The number of nitrogens with zero attached hydrogens (tertiary/aromatic N) is 1. The first kappa shape index (κ1) is 19.1. The van der Waals surface area contributed by atoms with E-state index >= 15 is 0 Å². The third kappa shape index (κ3) is 4.35. The van der Waals surface area contributed by atoms with Crippen molar-refractivity contribution in [3.8, 4) is 0 Å². The van der Waals surface area contributed by atoms with Crippen LogP contribution in [0.3, 0.4) is 0 Å². The average molecular weight is 388 g/mol. The van der Waals surface area contributed by atoms with Crippen LogP contribution in [0.2, 0.25) is 0 Å². The fourth-order valence-corrected chi connectivity index (χ4v) is 3.56. The lowest BCUT2D eigenvalue weighted by molar-refractivity contribution is -0.162. The van der Waals surface area contributed by atoms with E-state index in [-0.39, 0.29) is 37.7 Å². The second-order valence-electron chi connectivity index (χ2n) is 6.49. The molecule has 142 valence electrons. The monoisotopic (exact) mass is 388 g/mol. The number of carboxylic acid groups (broad SMARTS) is 1. The van der Waals surface area contributed by atoms with E-state index in [0.29, 0.717) is 17.0 Å². The lowest BCUT2D eigenvalue weighted by Crippen LogP contribution is -2.50. The van der Waals surface area contributed by atoms with Crippen LogP contribution in [0.1, 0.15) is 38.4 Å². The summed E-state index contributed by atoms with van der Waals surface area (Å²) < 4.78 is 0. The molecule has 1 fully saturated rings. The minimum absolute atomic E-state index is 0.0148. The smallest absolute Gasteiger partial charge is 0.335 e. The quantitative estimate of drug-likeness (QED) is 0.723. The van der Waals surface area contributed by atoms with Gasteiger partial charge in [-0.25, -0.2) is 4.79 Å². The fraction of sp³-hybridized carbons (Fsp3) is 0.316. The Morgan fingerprint density at radius 3 is 2.33 bits per heavy atom. The van der Waals surface area contributed by atoms with Crippen LogP contribution < -0.4 is 5.32 Å². The number of piperidine rings is 1. The molecule has 1 aliphatic rings. The molecule has 3 N–H and O–H groups in total. The number of nitrogens with one attached hydrogen (secondary N) is 1. The number of benzene rings is 1. The molecule has 27 heavy (non-hydrogen) atoms. The summed E-state index contributed by atoms with van der Waals surface area (Å²) in [5.41, 5.74) is -0.388. The highest BCUT2D eigenvalue weighted by Gasteiger charge is 2.40. The van der Waals surface area contributed by atoms with Crippen LogP contribution in [-0.4, -0.2) is 51.6 Å². The molecular weight excluding hydrogens is 368 g/mol. The number of carbonyl (C=O) groups excluding carboxylic acids is 2. The molecule has 0 aliphatic carbocycles. The van der Waals surface area contributed by atoms with Gasteiger partial charge in [0.15, 0.2) is 5.60 Å². The summed E-state index contributed by atoms with van der Waals surface area (Å²) in [4.78, 5) is 37.7. The van der Waals surface area contributed by atoms with Crippen molar-refractivity contribution in [2.75, 3.05) is 13.1 Å². The number of carboxylic acids is 1. The first-order valence-electron chi connectivity index (χ1n) is 8.55. The third-order valence-corrected chi connectivity index (χ3v) is 5.54. The van der Waals surface area contributed by atoms with Gasteiger partial charge in [0.2, 0.25) is 0 Å². The summed E-state index contributed by atoms with van der Waals surface area (Å²) in [6.45, 7) is 0.751.